The van der Waals surface area contributed by atoms with Crippen molar-refractivity contribution in [3.63, 3.8) is 0 Å². The predicted molar refractivity (Wildman–Crippen MR) is 45.8 cm³/mol. The molecule has 0 unspecified atom stereocenters. The molecular weight excluding hydrogens is 171 g/mol. The molecule has 4 heteroatoms. The Labute approximate surface area is 75.7 Å². The quantitative estimate of drug-likeness (QED) is 0.747. The van der Waals surface area contributed by atoms with Gasteiger partial charge in [-0.2, -0.15) is 0 Å². The zero-order chi connectivity index (χ0) is 9.47. The molecule has 13 heavy (non-hydrogen) atoms. The monoisotopic (exact) mass is 182 g/mol. The van der Waals surface area contributed by atoms with Crippen LogP contribution in [-0.4, -0.2) is 12.1 Å². The summed E-state index contributed by atoms with van der Waals surface area (Å²) in [4.78, 5) is 3.83. The van der Waals surface area contributed by atoms with Crippen molar-refractivity contribution in [2.45, 2.75) is 18.4 Å². The molecule has 2 rings (SSSR count). The molecule has 0 aliphatic heterocycles. The third-order valence-electron chi connectivity index (χ3n) is 2.34. The second-order valence-corrected chi connectivity index (χ2v) is 3.37. The van der Waals surface area contributed by atoms with Gasteiger partial charge < -0.3 is 10.5 Å². The van der Waals surface area contributed by atoms with Gasteiger partial charge in [-0.1, -0.05) is 0 Å². The molecule has 2 N–H and O–H groups in total. The van der Waals surface area contributed by atoms with Gasteiger partial charge in [0.15, 0.2) is 0 Å². The molecule has 1 aromatic rings. The van der Waals surface area contributed by atoms with E-state index in [-0.39, 0.29) is 5.82 Å². The summed E-state index contributed by atoms with van der Waals surface area (Å²) >= 11 is 0. The van der Waals surface area contributed by atoms with Crippen molar-refractivity contribution in [1.29, 1.82) is 0 Å². The number of aromatic nitrogens is 1. The number of methoxy groups -OCH3 is 1. The van der Waals surface area contributed by atoms with Gasteiger partial charge in [-0.3, -0.25) is 0 Å². The van der Waals surface area contributed by atoms with Crippen LogP contribution < -0.4 is 10.5 Å². The maximum absolute atomic E-state index is 12.9. The number of halogens is 1. The van der Waals surface area contributed by atoms with Crippen LogP contribution in [0.25, 0.3) is 0 Å². The minimum Gasteiger partial charge on any atom is -0.481 e. The second kappa shape index (κ2) is 2.67. The minimum atomic E-state index is -0.402. The van der Waals surface area contributed by atoms with E-state index in [1.165, 1.54) is 13.2 Å². The van der Waals surface area contributed by atoms with E-state index < -0.39 is 5.54 Å². The van der Waals surface area contributed by atoms with E-state index in [1.807, 2.05) is 0 Å². The number of ether oxygens (including phenoxy) is 1. The Kier molecular flexibility index (Phi) is 1.73. The number of pyridine rings is 1. The van der Waals surface area contributed by atoms with Crippen molar-refractivity contribution in [3.05, 3.63) is 23.6 Å². The Bertz CT molecular complexity index is 336. The van der Waals surface area contributed by atoms with Crippen molar-refractivity contribution in [3.8, 4) is 5.88 Å². The lowest BCUT2D eigenvalue weighted by Crippen LogP contribution is -2.20. The van der Waals surface area contributed by atoms with Gasteiger partial charge >= 0.3 is 0 Å². The number of nitrogens with zero attached hydrogens (tertiary/aromatic N) is 1. The lowest BCUT2D eigenvalue weighted by Gasteiger charge is -2.12. The maximum Gasteiger partial charge on any atom is 0.218 e. The van der Waals surface area contributed by atoms with Crippen molar-refractivity contribution in [2.75, 3.05) is 7.11 Å². The summed E-state index contributed by atoms with van der Waals surface area (Å²) in [5.74, 6) is 0.0638. The summed E-state index contributed by atoms with van der Waals surface area (Å²) in [6, 6.07) is 1.40. The molecule has 0 atom stereocenters. The Hall–Kier alpha value is -1.16. The van der Waals surface area contributed by atoms with E-state index in [9.17, 15) is 4.39 Å². The van der Waals surface area contributed by atoms with Gasteiger partial charge in [0.1, 0.15) is 5.82 Å². The zero-order valence-electron chi connectivity index (χ0n) is 7.38. The lowest BCUT2D eigenvalue weighted by molar-refractivity contribution is 0.384. The molecule has 1 aliphatic rings. The SMILES string of the molecule is COc1ncc(F)cc1C1(N)CC1. The van der Waals surface area contributed by atoms with Crippen LogP contribution in [0.3, 0.4) is 0 Å². The molecule has 0 bridgehead atoms. The van der Waals surface area contributed by atoms with Gasteiger partial charge in [-0.15, -0.1) is 0 Å². The van der Waals surface area contributed by atoms with Gasteiger partial charge in [-0.05, 0) is 18.9 Å². The Morgan fingerprint density at radius 1 is 1.62 bits per heavy atom. The first kappa shape index (κ1) is 8.44. The van der Waals surface area contributed by atoms with Gasteiger partial charge in [0.2, 0.25) is 5.88 Å². The smallest absolute Gasteiger partial charge is 0.218 e. The zero-order valence-corrected chi connectivity index (χ0v) is 7.38. The van der Waals surface area contributed by atoms with E-state index >= 15 is 0 Å². The highest BCUT2D eigenvalue weighted by atomic mass is 19.1. The molecule has 70 valence electrons. The normalized spacial score (nSPS) is 18.4. The van der Waals surface area contributed by atoms with Crippen LogP contribution >= 0.6 is 0 Å². The lowest BCUT2D eigenvalue weighted by atomic mass is 10.1. The van der Waals surface area contributed by atoms with Crippen LogP contribution in [-0.2, 0) is 5.54 Å². The number of nitrogens with two attached hydrogens (primary N) is 1. The topological polar surface area (TPSA) is 48.1 Å². The van der Waals surface area contributed by atoms with Gasteiger partial charge in [0.05, 0.1) is 13.3 Å². The highest BCUT2D eigenvalue weighted by Crippen LogP contribution is 2.45. The summed E-state index contributed by atoms with van der Waals surface area (Å²) in [7, 11) is 1.51. The van der Waals surface area contributed by atoms with E-state index in [0.717, 1.165) is 19.0 Å². The molecule has 0 aromatic carbocycles. The molecule has 1 fully saturated rings. The highest BCUT2D eigenvalue weighted by Gasteiger charge is 2.43. The first-order valence-corrected chi connectivity index (χ1v) is 4.14. The van der Waals surface area contributed by atoms with Gasteiger partial charge in [0, 0.05) is 11.1 Å². The Morgan fingerprint density at radius 3 is 2.85 bits per heavy atom. The largest absolute Gasteiger partial charge is 0.481 e. The molecule has 0 spiro atoms. The first-order valence-electron chi connectivity index (χ1n) is 4.14. The van der Waals surface area contributed by atoms with Crippen LogP contribution in [0, 0.1) is 5.82 Å². The van der Waals surface area contributed by atoms with Crippen molar-refractivity contribution in [1.82, 2.24) is 4.98 Å². The standard InChI is InChI=1S/C9H11FN2O/c1-13-8-7(9(11)2-3-9)4-6(10)5-12-8/h4-5H,2-3,11H2,1H3. The summed E-state index contributed by atoms with van der Waals surface area (Å²) in [5.41, 5.74) is 6.20. The Morgan fingerprint density at radius 2 is 2.31 bits per heavy atom. The molecule has 1 heterocycles. The van der Waals surface area contributed by atoms with E-state index in [4.69, 9.17) is 10.5 Å². The molecule has 0 amide bonds. The molecule has 1 aromatic heterocycles. The van der Waals surface area contributed by atoms with Crippen LogP contribution in [0.2, 0.25) is 0 Å². The fourth-order valence-corrected chi connectivity index (χ4v) is 1.35. The van der Waals surface area contributed by atoms with Gasteiger partial charge in [0.25, 0.3) is 0 Å². The van der Waals surface area contributed by atoms with E-state index in [2.05, 4.69) is 4.98 Å². The average Bonchev–Trinajstić information content (AvgIpc) is 2.85. The molecule has 3 nitrogen and oxygen atoms in total. The van der Waals surface area contributed by atoms with Crippen LogP contribution in [0.15, 0.2) is 12.3 Å². The highest BCUT2D eigenvalue weighted by molar-refractivity contribution is 5.37. The van der Waals surface area contributed by atoms with Crippen molar-refractivity contribution < 1.29 is 9.13 Å². The maximum atomic E-state index is 12.9. The third kappa shape index (κ3) is 1.37. The molecule has 1 aliphatic carbocycles. The third-order valence-corrected chi connectivity index (χ3v) is 2.34. The van der Waals surface area contributed by atoms with Crippen molar-refractivity contribution in [2.24, 2.45) is 5.73 Å². The molecule has 1 saturated carbocycles. The van der Waals surface area contributed by atoms with Crippen LogP contribution in [0.4, 0.5) is 4.39 Å². The molecular formula is C9H11FN2O. The van der Waals surface area contributed by atoms with E-state index in [0.29, 0.717) is 11.4 Å². The van der Waals surface area contributed by atoms with Crippen LogP contribution in [0.5, 0.6) is 5.88 Å². The fraction of sp³-hybridized carbons (Fsp3) is 0.444. The summed E-state index contributed by atoms with van der Waals surface area (Å²) in [6.45, 7) is 0. The Balaban J connectivity index is 2.47. The number of hydrogen-bond acceptors (Lipinski definition) is 3. The van der Waals surface area contributed by atoms with Gasteiger partial charge in [-0.25, -0.2) is 9.37 Å². The van der Waals surface area contributed by atoms with E-state index in [1.54, 1.807) is 0 Å². The fourth-order valence-electron chi connectivity index (χ4n) is 1.35. The number of hydrogen-bond donors (Lipinski definition) is 1. The second-order valence-electron chi connectivity index (χ2n) is 3.37. The summed E-state index contributed by atoms with van der Waals surface area (Å²) in [5, 5.41) is 0. The first-order chi connectivity index (χ1) is 6.15. The number of rotatable bonds is 2. The average molecular weight is 182 g/mol. The summed E-state index contributed by atoms with van der Waals surface area (Å²) in [6.07, 6.45) is 2.87. The van der Waals surface area contributed by atoms with Crippen LogP contribution in [0.1, 0.15) is 18.4 Å². The predicted octanol–water partition coefficient (Wildman–Crippen LogP) is 1.18. The minimum absolute atomic E-state index is 0.368. The molecule has 0 saturated heterocycles. The van der Waals surface area contributed by atoms with Crippen molar-refractivity contribution >= 4 is 0 Å². The summed E-state index contributed by atoms with van der Waals surface area (Å²) < 4.78 is 17.9. The molecule has 0 radical (unpaired) electrons.